The lowest BCUT2D eigenvalue weighted by Crippen LogP contribution is -2.51. The van der Waals surface area contributed by atoms with Gasteiger partial charge < -0.3 is 4.74 Å². The van der Waals surface area contributed by atoms with Crippen LogP contribution in [0.5, 0.6) is 0 Å². The van der Waals surface area contributed by atoms with Crippen molar-refractivity contribution in [1.29, 1.82) is 0 Å². The Hall–Kier alpha value is -0.710. The molecule has 0 aromatic heterocycles. The van der Waals surface area contributed by atoms with E-state index in [1.54, 1.807) is 0 Å². The third-order valence-electron chi connectivity index (χ3n) is 4.71. The van der Waals surface area contributed by atoms with Crippen LogP contribution in [-0.2, 0) is 24.8 Å². The smallest absolute Gasteiger partial charge is 0.243 e. The molecule has 1 atom stereocenters. The number of rotatable bonds is 5. The molecule has 0 radical (unpaired) electrons. The lowest BCUT2D eigenvalue weighted by Gasteiger charge is -2.34. The first-order valence-corrected chi connectivity index (χ1v) is 12.1. The van der Waals surface area contributed by atoms with E-state index in [2.05, 4.69) is 0 Å². The highest BCUT2D eigenvalue weighted by atomic mass is 35.5. The maximum Gasteiger partial charge on any atom is 0.243 e. The van der Waals surface area contributed by atoms with Crippen LogP contribution in [0, 0.1) is 0 Å². The second-order valence-corrected chi connectivity index (χ2v) is 10.9. The number of piperazine rings is 1. The van der Waals surface area contributed by atoms with Crippen molar-refractivity contribution in [2.45, 2.75) is 30.3 Å². The standard InChI is InChI=1S/C16H23ClN2O5S2/c17-14-4-6-16(7-5-14)26(22,23)19-10-8-18(9-11-19)25(20,21)13-15-3-1-2-12-24-15/h4-7,15H,1-3,8-13H2. The highest BCUT2D eigenvalue weighted by molar-refractivity contribution is 7.89. The van der Waals surface area contributed by atoms with Gasteiger partial charge >= 0.3 is 0 Å². The minimum absolute atomic E-state index is 0.0308. The largest absolute Gasteiger partial charge is 0.377 e. The molecule has 146 valence electrons. The lowest BCUT2D eigenvalue weighted by molar-refractivity contribution is 0.0297. The number of ether oxygens (including phenoxy) is 1. The number of hydrogen-bond acceptors (Lipinski definition) is 5. The summed E-state index contributed by atoms with van der Waals surface area (Å²) in [6.45, 7) is 1.18. The molecular weight excluding hydrogens is 400 g/mol. The summed E-state index contributed by atoms with van der Waals surface area (Å²) < 4.78 is 58.7. The fourth-order valence-corrected chi connectivity index (χ4v) is 6.43. The fraction of sp³-hybridized carbons (Fsp3) is 0.625. The molecule has 1 aromatic carbocycles. The second kappa shape index (κ2) is 8.12. The van der Waals surface area contributed by atoms with Crippen LogP contribution in [0.3, 0.4) is 0 Å². The SMILES string of the molecule is O=S(=O)(CC1CCCCO1)N1CCN(S(=O)(=O)c2ccc(Cl)cc2)CC1. The van der Waals surface area contributed by atoms with Crippen molar-refractivity contribution in [3.8, 4) is 0 Å². The maximum absolute atomic E-state index is 12.7. The first-order valence-electron chi connectivity index (χ1n) is 8.64. The number of halogens is 1. The van der Waals surface area contributed by atoms with Crippen LogP contribution in [0.1, 0.15) is 19.3 Å². The third-order valence-corrected chi connectivity index (χ3v) is 8.82. The quantitative estimate of drug-likeness (QED) is 0.718. The molecule has 1 aromatic rings. The van der Waals surface area contributed by atoms with Gasteiger partial charge in [0.1, 0.15) is 0 Å². The summed E-state index contributed by atoms with van der Waals surface area (Å²) in [6.07, 6.45) is 2.44. The van der Waals surface area contributed by atoms with Gasteiger partial charge in [-0.25, -0.2) is 16.8 Å². The summed E-state index contributed by atoms with van der Waals surface area (Å²) in [5.74, 6) is -0.0308. The van der Waals surface area contributed by atoms with Crippen LogP contribution in [0.4, 0.5) is 0 Å². The molecule has 0 N–H and O–H groups in total. The maximum atomic E-state index is 12.7. The molecule has 0 aliphatic carbocycles. The Kier molecular flexibility index (Phi) is 6.25. The zero-order valence-electron chi connectivity index (χ0n) is 14.4. The van der Waals surface area contributed by atoms with Crippen molar-refractivity contribution in [3.05, 3.63) is 29.3 Å². The summed E-state index contributed by atoms with van der Waals surface area (Å²) in [5.41, 5.74) is 0. The molecule has 2 fully saturated rings. The average Bonchev–Trinajstić information content (AvgIpc) is 2.63. The Labute approximate surface area is 160 Å². The number of sulfonamides is 2. The molecule has 3 rings (SSSR count). The van der Waals surface area contributed by atoms with Crippen LogP contribution in [0.15, 0.2) is 29.2 Å². The van der Waals surface area contributed by atoms with Gasteiger partial charge in [0.2, 0.25) is 20.0 Å². The normalized spacial score (nSPS) is 23.8. The van der Waals surface area contributed by atoms with E-state index < -0.39 is 20.0 Å². The van der Waals surface area contributed by atoms with E-state index in [9.17, 15) is 16.8 Å². The molecule has 0 bridgehead atoms. The molecule has 10 heteroatoms. The summed E-state index contributed by atoms with van der Waals surface area (Å²) in [7, 11) is -7.10. The minimum Gasteiger partial charge on any atom is -0.377 e. The molecule has 1 unspecified atom stereocenters. The van der Waals surface area contributed by atoms with Crippen molar-refractivity contribution in [2.75, 3.05) is 38.5 Å². The Bertz CT molecular complexity index is 813. The fourth-order valence-electron chi connectivity index (χ4n) is 3.22. The molecule has 2 aliphatic rings. The number of benzene rings is 1. The summed E-state index contributed by atoms with van der Waals surface area (Å²) in [4.78, 5) is 0.161. The van der Waals surface area contributed by atoms with Crippen molar-refractivity contribution in [1.82, 2.24) is 8.61 Å². The summed E-state index contributed by atoms with van der Waals surface area (Å²) in [6, 6.07) is 5.97. The molecule has 26 heavy (non-hydrogen) atoms. The second-order valence-electron chi connectivity index (χ2n) is 6.52. The van der Waals surface area contributed by atoms with Gasteiger partial charge in [-0.2, -0.15) is 8.61 Å². The Morgan fingerprint density at radius 2 is 1.58 bits per heavy atom. The van der Waals surface area contributed by atoms with Crippen molar-refractivity contribution in [3.63, 3.8) is 0 Å². The monoisotopic (exact) mass is 422 g/mol. The zero-order chi connectivity index (χ0) is 18.8. The molecule has 7 nitrogen and oxygen atoms in total. The van der Waals surface area contributed by atoms with Gasteiger partial charge in [-0.15, -0.1) is 0 Å². The van der Waals surface area contributed by atoms with Crippen molar-refractivity contribution >= 4 is 31.6 Å². The zero-order valence-corrected chi connectivity index (χ0v) is 16.8. The highest BCUT2D eigenvalue weighted by Gasteiger charge is 2.34. The topological polar surface area (TPSA) is 84.0 Å². The average molecular weight is 423 g/mol. The van der Waals surface area contributed by atoms with Crippen molar-refractivity contribution < 1.29 is 21.6 Å². The van der Waals surface area contributed by atoms with Gasteiger partial charge in [0.25, 0.3) is 0 Å². The van der Waals surface area contributed by atoms with Crippen LogP contribution in [-0.4, -0.2) is 70.1 Å². The summed E-state index contributed by atoms with van der Waals surface area (Å²) in [5, 5.41) is 0.463. The van der Waals surface area contributed by atoms with E-state index in [0.717, 1.165) is 19.3 Å². The van der Waals surface area contributed by atoms with E-state index in [0.29, 0.717) is 11.6 Å². The van der Waals surface area contributed by atoms with E-state index in [1.807, 2.05) is 0 Å². The van der Waals surface area contributed by atoms with Crippen LogP contribution >= 0.6 is 11.6 Å². The number of nitrogens with zero attached hydrogens (tertiary/aromatic N) is 2. The molecule has 0 amide bonds. The van der Waals surface area contributed by atoms with Crippen LogP contribution in [0.2, 0.25) is 5.02 Å². The van der Waals surface area contributed by atoms with Gasteiger partial charge in [-0.3, -0.25) is 0 Å². The molecule has 2 heterocycles. The molecular formula is C16H23ClN2O5S2. The highest BCUT2D eigenvalue weighted by Crippen LogP contribution is 2.22. The van der Waals surface area contributed by atoms with E-state index in [-0.39, 0.29) is 42.9 Å². The Morgan fingerprint density at radius 3 is 2.15 bits per heavy atom. The van der Waals surface area contributed by atoms with Gasteiger partial charge in [0.15, 0.2) is 0 Å². The predicted octanol–water partition coefficient (Wildman–Crippen LogP) is 1.55. The third kappa shape index (κ3) is 4.58. The molecule has 0 spiro atoms. The van der Waals surface area contributed by atoms with Crippen LogP contribution < -0.4 is 0 Å². The van der Waals surface area contributed by atoms with Crippen LogP contribution in [0.25, 0.3) is 0 Å². The van der Waals surface area contributed by atoms with Crippen molar-refractivity contribution in [2.24, 2.45) is 0 Å². The van der Waals surface area contributed by atoms with E-state index >= 15 is 0 Å². The molecule has 0 saturated carbocycles. The first-order chi connectivity index (χ1) is 12.3. The Balaban J connectivity index is 1.62. The lowest BCUT2D eigenvalue weighted by atomic mass is 10.1. The predicted molar refractivity (Wildman–Crippen MR) is 99.2 cm³/mol. The molecule has 2 saturated heterocycles. The first kappa shape index (κ1) is 20.0. The van der Waals surface area contributed by atoms with E-state index in [4.69, 9.17) is 16.3 Å². The molecule has 2 aliphatic heterocycles. The number of hydrogen-bond donors (Lipinski definition) is 0. The van der Waals surface area contributed by atoms with Gasteiger partial charge in [0, 0.05) is 37.8 Å². The Morgan fingerprint density at radius 1 is 0.962 bits per heavy atom. The van der Waals surface area contributed by atoms with E-state index in [1.165, 1.54) is 32.9 Å². The van der Waals surface area contributed by atoms with Gasteiger partial charge in [0.05, 0.1) is 16.8 Å². The summed E-state index contributed by atoms with van der Waals surface area (Å²) >= 11 is 5.80. The minimum atomic E-state index is -3.65. The van der Waals surface area contributed by atoms with Gasteiger partial charge in [-0.1, -0.05) is 11.6 Å². The van der Waals surface area contributed by atoms with Gasteiger partial charge in [-0.05, 0) is 43.5 Å².